The Morgan fingerprint density at radius 3 is 2.27 bits per heavy atom. The molecule has 9 nitrogen and oxygen atoms in total. The highest BCUT2D eigenvalue weighted by molar-refractivity contribution is 6.23. The number of fused-ring (bicyclic) bond motifs is 3. The van der Waals surface area contributed by atoms with E-state index in [1.807, 2.05) is 40.7 Å². The van der Waals surface area contributed by atoms with Crippen molar-refractivity contribution >= 4 is 29.0 Å². The maximum atomic E-state index is 14.2. The molecule has 216 valence electrons. The highest BCUT2D eigenvalue weighted by atomic mass is 16.3. The van der Waals surface area contributed by atoms with E-state index in [0.29, 0.717) is 17.5 Å². The maximum Gasteiger partial charge on any atom is 0.255 e. The maximum absolute atomic E-state index is 14.2. The van der Waals surface area contributed by atoms with Gasteiger partial charge in [-0.1, -0.05) is 54.0 Å². The van der Waals surface area contributed by atoms with Crippen LogP contribution in [0.3, 0.4) is 0 Å². The summed E-state index contributed by atoms with van der Waals surface area (Å²) < 4.78 is 0. The summed E-state index contributed by atoms with van der Waals surface area (Å²) in [6.45, 7) is 11.3. The van der Waals surface area contributed by atoms with Crippen molar-refractivity contribution in [2.45, 2.75) is 90.6 Å². The molecule has 3 aliphatic rings. The van der Waals surface area contributed by atoms with E-state index < -0.39 is 75.7 Å². The molecule has 0 aliphatic heterocycles. The van der Waals surface area contributed by atoms with Crippen molar-refractivity contribution in [2.24, 2.45) is 23.5 Å². The van der Waals surface area contributed by atoms with Crippen LogP contribution in [0.4, 0.5) is 0 Å². The molecule has 0 saturated heterocycles. The third kappa shape index (κ3) is 4.08. The summed E-state index contributed by atoms with van der Waals surface area (Å²) in [5.41, 5.74) is 3.19. The van der Waals surface area contributed by atoms with E-state index in [2.05, 4.69) is 0 Å². The highest BCUT2D eigenvalue weighted by Gasteiger charge is 2.65. The summed E-state index contributed by atoms with van der Waals surface area (Å²) in [6.07, 6.45) is 0.968. The van der Waals surface area contributed by atoms with Crippen molar-refractivity contribution in [1.29, 1.82) is 0 Å². The zero-order valence-corrected chi connectivity index (χ0v) is 23.9. The van der Waals surface area contributed by atoms with E-state index >= 15 is 0 Å². The van der Waals surface area contributed by atoms with Gasteiger partial charge in [-0.3, -0.25) is 19.2 Å². The lowest BCUT2D eigenvalue weighted by Gasteiger charge is -2.52. The van der Waals surface area contributed by atoms with Crippen LogP contribution in [0.2, 0.25) is 0 Å². The van der Waals surface area contributed by atoms with Gasteiger partial charge < -0.3 is 26.2 Å². The predicted octanol–water partition coefficient (Wildman–Crippen LogP) is 3.83. The van der Waals surface area contributed by atoms with Crippen LogP contribution in [0.15, 0.2) is 23.0 Å². The van der Waals surface area contributed by atoms with Crippen molar-refractivity contribution in [3.8, 4) is 5.75 Å². The van der Waals surface area contributed by atoms with Crippen LogP contribution in [0.5, 0.6) is 5.75 Å². The van der Waals surface area contributed by atoms with Gasteiger partial charge in [-0.05, 0) is 34.8 Å². The van der Waals surface area contributed by atoms with Gasteiger partial charge in [-0.15, -0.1) is 0 Å². The summed E-state index contributed by atoms with van der Waals surface area (Å²) in [6, 6.07) is 1.93. The number of aliphatic hydroxyl groups excluding tert-OH is 2. The number of carbonyl (C=O) groups is 4. The molecule has 0 bridgehead atoms. The van der Waals surface area contributed by atoms with Gasteiger partial charge in [0, 0.05) is 42.2 Å². The first-order valence-corrected chi connectivity index (χ1v) is 13.9. The van der Waals surface area contributed by atoms with Crippen molar-refractivity contribution in [2.75, 3.05) is 0 Å². The molecule has 1 aromatic carbocycles. The molecule has 0 aromatic heterocycles. The molecule has 1 aromatic rings. The van der Waals surface area contributed by atoms with Crippen molar-refractivity contribution in [1.82, 2.24) is 0 Å². The number of carbonyl (C=O) groups excluding carboxylic acids is 4. The number of aliphatic hydroxyl groups is 3. The Morgan fingerprint density at radius 2 is 1.75 bits per heavy atom. The fraction of sp³-hybridized carbons (Fsp3) is 0.548. The van der Waals surface area contributed by atoms with Crippen molar-refractivity contribution in [3.63, 3.8) is 0 Å². The van der Waals surface area contributed by atoms with Crippen LogP contribution in [-0.2, 0) is 31.0 Å². The van der Waals surface area contributed by atoms with Crippen LogP contribution in [-0.4, -0.2) is 49.3 Å². The fourth-order valence-corrected chi connectivity index (χ4v) is 7.19. The van der Waals surface area contributed by atoms with E-state index in [1.54, 1.807) is 6.92 Å². The van der Waals surface area contributed by atoms with Crippen molar-refractivity contribution in [3.05, 3.63) is 45.2 Å². The summed E-state index contributed by atoms with van der Waals surface area (Å²) in [5, 5.41) is 46.2. The van der Waals surface area contributed by atoms with Gasteiger partial charge in [0.25, 0.3) is 5.91 Å². The van der Waals surface area contributed by atoms with Gasteiger partial charge in [0.1, 0.15) is 28.6 Å². The molecule has 1 saturated carbocycles. The van der Waals surface area contributed by atoms with E-state index in [-0.39, 0.29) is 35.5 Å². The number of phenolic OH excluding ortho intramolecular Hbond substituents is 1. The molecule has 9 heteroatoms. The van der Waals surface area contributed by atoms with Crippen LogP contribution in [0, 0.1) is 17.8 Å². The Kier molecular flexibility index (Phi) is 7.28. The van der Waals surface area contributed by atoms with Gasteiger partial charge in [0.05, 0.1) is 5.56 Å². The molecule has 6 N–H and O–H groups in total. The minimum Gasteiger partial charge on any atom is -0.508 e. The SMILES string of the molecule is CCCc1cc(C(C)(C)C)c(O)c2c1C(C)C1C(=C2O)C(=O)C2(O)C(O)=C(C(N)=O)C(=O)CC2C1CC(=O)CC. The lowest BCUT2D eigenvalue weighted by Crippen LogP contribution is -2.62. The first kappa shape index (κ1) is 29.5. The topological polar surface area (TPSA) is 175 Å². The second kappa shape index (κ2) is 9.87. The highest BCUT2D eigenvalue weighted by Crippen LogP contribution is 2.60. The molecular weight excluding hydrogens is 514 g/mol. The van der Waals surface area contributed by atoms with Crippen LogP contribution < -0.4 is 5.73 Å². The Morgan fingerprint density at radius 1 is 1.12 bits per heavy atom. The minimum atomic E-state index is -2.75. The Labute approximate surface area is 233 Å². The number of amides is 1. The first-order valence-electron chi connectivity index (χ1n) is 13.9. The molecule has 4 rings (SSSR count). The lowest BCUT2D eigenvalue weighted by molar-refractivity contribution is -0.155. The first-order chi connectivity index (χ1) is 18.5. The molecule has 3 aliphatic carbocycles. The molecule has 5 unspecified atom stereocenters. The Balaban J connectivity index is 2.12. The fourth-order valence-electron chi connectivity index (χ4n) is 7.19. The van der Waals surface area contributed by atoms with Gasteiger partial charge in [-0.25, -0.2) is 0 Å². The van der Waals surface area contributed by atoms with E-state index in [4.69, 9.17) is 5.73 Å². The number of rotatable bonds is 6. The standard InChI is InChI=1S/C31H39NO8/c1-7-9-14-10-18(30(4,5)6)25(35)23-20(14)13(3)21-16(11-15(33)8-2)17-12-19(34)22(29(32)39)27(37)31(17,40)28(38)24(21)26(23)36/h10,13,16-17,21,35-37,40H,7-9,11-12H2,1-6H3,(H2,32,39). The van der Waals surface area contributed by atoms with Crippen molar-refractivity contribution < 1.29 is 39.6 Å². The van der Waals surface area contributed by atoms with E-state index in [9.17, 15) is 39.6 Å². The molecular formula is C31H39NO8. The lowest BCUT2D eigenvalue weighted by atomic mass is 9.51. The number of Topliss-reactive ketones (excluding diaryl/α,β-unsaturated/α-hetero) is 3. The average Bonchev–Trinajstić information content (AvgIpc) is 2.85. The van der Waals surface area contributed by atoms with Gasteiger partial charge in [0.2, 0.25) is 5.78 Å². The number of primary amides is 1. The molecule has 5 atom stereocenters. The number of benzene rings is 1. The summed E-state index contributed by atoms with van der Waals surface area (Å²) in [7, 11) is 0. The monoisotopic (exact) mass is 553 g/mol. The number of phenols is 1. The number of nitrogens with two attached hydrogens (primary N) is 1. The smallest absolute Gasteiger partial charge is 0.255 e. The number of hydrogen-bond acceptors (Lipinski definition) is 8. The zero-order valence-electron chi connectivity index (χ0n) is 23.9. The number of aromatic hydroxyl groups is 1. The predicted molar refractivity (Wildman–Crippen MR) is 148 cm³/mol. The van der Waals surface area contributed by atoms with E-state index in [0.717, 1.165) is 12.0 Å². The number of aryl methyl sites for hydroxylation is 1. The van der Waals surface area contributed by atoms with E-state index in [1.165, 1.54) is 0 Å². The van der Waals surface area contributed by atoms with Crippen LogP contribution >= 0.6 is 0 Å². The summed E-state index contributed by atoms with van der Waals surface area (Å²) in [4.78, 5) is 52.0. The molecule has 1 amide bonds. The molecule has 1 fully saturated rings. The molecule has 0 heterocycles. The van der Waals surface area contributed by atoms with Gasteiger partial charge >= 0.3 is 0 Å². The third-order valence-corrected chi connectivity index (χ3v) is 9.06. The normalized spacial score (nSPS) is 28.3. The van der Waals surface area contributed by atoms with Gasteiger partial charge in [-0.2, -0.15) is 0 Å². The molecule has 0 spiro atoms. The zero-order chi connectivity index (χ0) is 30.1. The average molecular weight is 554 g/mol. The quantitative estimate of drug-likeness (QED) is 0.330. The second-order valence-corrected chi connectivity index (χ2v) is 12.5. The van der Waals surface area contributed by atoms with Crippen LogP contribution in [0.1, 0.15) is 95.4 Å². The summed E-state index contributed by atoms with van der Waals surface area (Å²) in [5.74, 6) is -8.60. The number of ketones is 3. The van der Waals surface area contributed by atoms with Gasteiger partial charge in [0.15, 0.2) is 11.4 Å². The summed E-state index contributed by atoms with van der Waals surface area (Å²) >= 11 is 0. The Hall–Kier alpha value is -3.46. The third-order valence-electron chi connectivity index (χ3n) is 9.06. The largest absolute Gasteiger partial charge is 0.508 e. The van der Waals surface area contributed by atoms with Crippen LogP contribution in [0.25, 0.3) is 5.76 Å². The molecule has 40 heavy (non-hydrogen) atoms. The second-order valence-electron chi connectivity index (χ2n) is 12.5. The number of hydrogen-bond donors (Lipinski definition) is 5. The molecule has 0 radical (unpaired) electrons. The Bertz CT molecular complexity index is 1390. The minimum absolute atomic E-state index is 0.0936.